The Hall–Kier alpha value is -1.48. The summed E-state index contributed by atoms with van der Waals surface area (Å²) in [6, 6.07) is 1.83. The minimum atomic E-state index is -0.156. The summed E-state index contributed by atoms with van der Waals surface area (Å²) >= 11 is 6.65. The third-order valence-corrected chi connectivity index (χ3v) is 2.85. The first kappa shape index (κ1) is 12.0. The van der Waals surface area contributed by atoms with Gasteiger partial charge in [0.1, 0.15) is 6.33 Å². The molecule has 0 spiro atoms. The molecule has 0 radical (unpaired) electrons. The monoisotopic (exact) mass is 360 g/mol. The van der Waals surface area contributed by atoms with Crippen molar-refractivity contribution in [3.63, 3.8) is 0 Å². The average Bonchev–Trinajstić information content (AvgIpc) is 2.77. The molecule has 88 valence electrons. The van der Waals surface area contributed by atoms with Crippen molar-refractivity contribution in [2.75, 3.05) is 0 Å². The fraction of sp³-hybridized carbons (Fsp3) is 0. The maximum atomic E-state index is 8.50. The molecular formula is C8H6Br2N6O. The number of hydrogen-bond donors (Lipinski definition) is 2. The molecular weight excluding hydrogens is 356 g/mol. The van der Waals surface area contributed by atoms with E-state index >= 15 is 0 Å². The van der Waals surface area contributed by atoms with Gasteiger partial charge in [0.05, 0.1) is 4.47 Å². The van der Waals surface area contributed by atoms with E-state index in [1.807, 2.05) is 6.07 Å². The molecule has 2 heterocycles. The van der Waals surface area contributed by atoms with E-state index in [1.54, 1.807) is 6.20 Å². The molecule has 0 saturated carbocycles. The van der Waals surface area contributed by atoms with Gasteiger partial charge in [0, 0.05) is 10.7 Å². The van der Waals surface area contributed by atoms with Gasteiger partial charge in [0.15, 0.2) is 5.82 Å². The van der Waals surface area contributed by atoms with Crippen LogP contribution in [0, 0.1) is 0 Å². The standard InChI is InChI=1S/C8H6Br2N6O/c9-4-1-5(10)8(12-2-4)16-3-13-7(14-16)6(11)15-17/h1-3,17H,(H2,11,15). The van der Waals surface area contributed by atoms with Crippen molar-refractivity contribution >= 4 is 37.7 Å². The van der Waals surface area contributed by atoms with Crippen molar-refractivity contribution in [2.24, 2.45) is 10.9 Å². The number of nitrogens with zero attached hydrogens (tertiary/aromatic N) is 5. The number of amidine groups is 1. The van der Waals surface area contributed by atoms with Gasteiger partial charge >= 0.3 is 0 Å². The fourth-order valence-corrected chi connectivity index (χ4v) is 2.27. The summed E-state index contributed by atoms with van der Waals surface area (Å²) in [7, 11) is 0. The van der Waals surface area contributed by atoms with E-state index in [9.17, 15) is 0 Å². The Bertz CT molecular complexity index is 581. The maximum Gasteiger partial charge on any atom is 0.220 e. The maximum absolute atomic E-state index is 8.50. The zero-order valence-corrected chi connectivity index (χ0v) is 11.4. The normalized spacial score (nSPS) is 11.8. The lowest BCUT2D eigenvalue weighted by Gasteiger charge is -2.02. The highest BCUT2D eigenvalue weighted by atomic mass is 79.9. The summed E-state index contributed by atoms with van der Waals surface area (Å²) in [6.45, 7) is 0. The van der Waals surface area contributed by atoms with Crippen LogP contribution in [0.5, 0.6) is 0 Å². The molecule has 0 saturated heterocycles. The molecule has 0 bridgehead atoms. The van der Waals surface area contributed by atoms with Crippen molar-refractivity contribution in [1.82, 2.24) is 19.7 Å². The van der Waals surface area contributed by atoms with Gasteiger partial charge in [-0.05, 0) is 37.9 Å². The molecule has 0 aromatic carbocycles. The quantitative estimate of drug-likeness (QED) is 0.363. The molecule has 2 aromatic rings. The van der Waals surface area contributed by atoms with Crippen LogP contribution in [0.2, 0.25) is 0 Å². The Balaban J connectivity index is 2.44. The molecule has 0 aliphatic carbocycles. The summed E-state index contributed by atoms with van der Waals surface area (Å²) in [5, 5.41) is 15.3. The number of nitrogens with two attached hydrogens (primary N) is 1. The van der Waals surface area contributed by atoms with Gasteiger partial charge in [-0.1, -0.05) is 5.16 Å². The summed E-state index contributed by atoms with van der Waals surface area (Å²) in [5.74, 6) is 0.527. The van der Waals surface area contributed by atoms with Gasteiger partial charge in [0.25, 0.3) is 0 Å². The largest absolute Gasteiger partial charge is 0.409 e. The molecule has 9 heteroatoms. The van der Waals surface area contributed by atoms with E-state index in [4.69, 9.17) is 10.9 Å². The third kappa shape index (κ3) is 2.44. The lowest BCUT2D eigenvalue weighted by molar-refractivity contribution is 0.318. The van der Waals surface area contributed by atoms with E-state index in [2.05, 4.69) is 52.1 Å². The molecule has 2 aromatic heterocycles. The van der Waals surface area contributed by atoms with Crippen molar-refractivity contribution in [3.05, 3.63) is 33.4 Å². The van der Waals surface area contributed by atoms with Gasteiger partial charge in [0.2, 0.25) is 11.7 Å². The Morgan fingerprint density at radius 1 is 1.41 bits per heavy atom. The minimum absolute atomic E-state index is 0.129. The number of rotatable bonds is 2. The predicted molar refractivity (Wildman–Crippen MR) is 67.1 cm³/mol. The van der Waals surface area contributed by atoms with Gasteiger partial charge in [-0.2, -0.15) is 0 Å². The topological polar surface area (TPSA) is 102 Å². The number of aromatic nitrogens is 4. The second-order valence-corrected chi connectivity index (χ2v) is 4.73. The number of hydrogen-bond acceptors (Lipinski definition) is 5. The highest BCUT2D eigenvalue weighted by Crippen LogP contribution is 2.21. The fourth-order valence-electron chi connectivity index (χ4n) is 1.10. The Kier molecular flexibility index (Phi) is 3.38. The first-order chi connectivity index (χ1) is 8.11. The van der Waals surface area contributed by atoms with E-state index in [0.29, 0.717) is 5.82 Å². The summed E-state index contributed by atoms with van der Waals surface area (Å²) in [4.78, 5) is 8.06. The first-order valence-corrected chi connectivity index (χ1v) is 5.91. The van der Waals surface area contributed by atoms with Gasteiger partial charge < -0.3 is 10.9 Å². The van der Waals surface area contributed by atoms with Gasteiger partial charge in [-0.25, -0.2) is 14.6 Å². The van der Waals surface area contributed by atoms with E-state index in [1.165, 1.54) is 11.0 Å². The molecule has 0 aliphatic heterocycles. The lowest BCUT2D eigenvalue weighted by Crippen LogP contribution is -2.15. The first-order valence-electron chi connectivity index (χ1n) is 4.33. The van der Waals surface area contributed by atoms with Crippen LogP contribution >= 0.6 is 31.9 Å². The van der Waals surface area contributed by atoms with Gasteiger partial charge in [-0.3, -0.25) is 0 Å². The van der Waals surface area contributed by atoms with E-state index in [0.717, 1.165) is 8.95 Å². The van der Waals surface area contributed by atoms with Crippen LogP contribution in [0.15, 0.2) is 32.7 Å². The van der Waals surface area contributed by atoms with Crippen LogP contribution in [-0.2, 0) is 0 Å². The van der Waals surface area contributed by atoms with Crippen molar-refractivity contribution in [3.8, 4) is 5.82 Å². The Morgan fingerprint density at radius 3 is 2.82 bits per heavy atom. The highest BCUT2D eigenvalue weighted by Gasteiger charge is 2.10. The van der Waals surface area contributed by atoms with Crippen LogP contribution in [0.1, 0.15) is 5.82 Å². The molecule has 2 rings (SSSR count). The number of halogens is 2. The van der Waals surface area contributed by atoms with Crippen molar-refractivity contribution in [2.45, 2.75) is 0 Å². The van der Waals surface area contributed by atoms with Gasteiger partial charge in [-0.15, -0.1) is 5.10 Å². The third-order valence-electron chi connectivity index (χ3n) is 1.83. The van der Waals surface area contributed by atoms with Crippen molar-refractivity contribution in [1.29, 1.82) is 0 Å². The Labute approximate surface area is 113 Å². The molecule has 0 atom stereocenters. The Morgan fingerprint density at radius 2 is 2.18 bits per heavy atom. The van der Waals surface area contributed by atoms with Crippen LogP contribution < -0.4 is 5.73 Å². The second-order valence-electron chi connectivity index (χ2n) is 2.96. The molecule has 3 N–H and O–H groups in total. The van der Waals surface area contributed by atoms with Crippen molar-refractivity contribution < 1.29 is 5.21 Å². The summed E-state index contributed by atoms with van der Waals surface area (Å²) in [6.07, 6.45) is 3.05. The predicted octanol–water partition coefficient (Wildman–Crippen LogP) is 1.28. The molecule has 7 nitrogen and oxygen atoms in total. The van der Waals surface area contributed by atoms with E-state index < -0.39 is 0 Å². The smallest absolute Gasteiger partial charge is 0.220 e. The van der Waals surface area contributed by atoms with Crippen LogP contribution in [0.3, 0.4) is 0 Å². The van der Waals surface area contributed by atoms with Crippen LogP contribution in [-0.4, -0.2) is 30.8 Å². The zero-order valence-electron chi connectivity index (χ0n) is 8.25. The summed E-state index contributed by atoms with van der Waals surface area (Å²) < 4.78 is 3.00. The van der Waals surface area contributed by atoms with Crippen LogP contribution in [0.25, 0.3) is 5.82 Å². The molecule has 0 fully saturated rings. The number of oxime groups is 1. The highest BCUT2D eigenvalue weighted by molar-refractivity contribution is 9.11. The van der Waals surface area contributed by atoms with E-state index in [-0.39, 0.29) is 11.7 Å². The lowest BCUT2D eigenvalue weighted by atomic mass is 10.5. The zero-order chi connectivity index (χ0) is 12.4. The summed E-state index contributed by atoms with van der Waals surface area (Å²) in [5.41, 5.74) is 5.37. The molecule has 0 unspecified atom stereocenters. The number of pyridine rings is 1. The van der Waals surface area contributed by atoms with Crippen LogP contribution in [0.4, 0.5) is 0 Å². The SMILES string of the molecule is NC(=NO)c1ncn(-c2ncc(Br)cc2Br)n1. The average molecular weight is 362 g/mol. The molecule has 17 heavy (non-hydrogen) atoms. The molecule has 0 amide bonds. The second kappa shape index (κ2) is 4.80. The molecule has 0 aliphatic rings. The minimum Gasteiger partial charge on any atom is -0.409 e.